The monoisotopic (exact) mass is 245 g/mol. The fourth-order valence-electron chi connectivity index (χ4n) is 1.77. The summed E-state index contributed by atoms with van der Waals surface area (Å²) in [5, 5.41) is 7.42. The quantitative estimate of drug-likeness (QED) is 0.780. The van der Waals surface area contributed by atoms with Crippen molar-refractivity contribution in [2.24, 2.45) is 17.8 Å². The average Bonchev–Trinajstić information content (AvgIpc) is 1.96. The molecule has 3 nitrogen and oxygen atoms in total. The Morgan fingerprint density at radius 1 is 0.882 bits per heavy atom. The molecule has 0 heterocycles. The maximum atomic E-state index is 9.00. The van der Waals surface area contributed by atoms with Crippen molar-refractivity contribution in [1.29, 1.82) is 0 Å². The predicted molar refractivity (Wildman–Crippen MR) is 74.3 cm³/mol. The first-order valence-corrected chi connectivity index (χ1v) is 6.57. The van der Waals surface area contributed by atoms with Crippen LogP contribution in [-0.2, 0) is 4.79 Å². The van der Waals surface area contributed by atoms with Gasteiger partial charge in [0, 0.05) is 26.6 Å². The Kier molecular flexibility index (Phi) is 11.7. The molecule has 0 aliphatic rings. The normalized spacial score (nSPS) is 11.0. The van der Waals surface area contributed by atoms with Gasteiger partial charge in [0.2, 0.25) is 0 Å². The van der Waals surface area contributed by atoms with Gasteiger partial charge in [0.15, 0.2) is 0 Å². The molecule has 0 amide bonds. The molecule has 0 atom stereocenters. The summed E-state index contributed by atoms with van der Waals surface area (Å²) in [7, 11) is 0. The summed E-state index contributed by atoms with van der Waals surface area (Å²) in [4.78, 5) is 11.6. The summed E-state index contributed by atoms with van der Waals surface area (Å²) in [5.74, 6) is 1.53. The smallest absolute Gasteiger partial charge is 0.300 e. The zero-order valence-corrected chi connectivity index (χ0v) is 12.7. The number of nitrogens with zero attached hydrogens (tertiary/aromatic N) is 1. The fourth-order valence-corrected chi connectivity index (χ4v) is 1.77. The third-order valence-corrected chi connectivity index (χ3v) is 1.87. The maximum Gasteiger partial charge on any atom is 0.300 e. The molecule has 17 heavy (non-hydrogen) atoms. The zero-order chi connectivity index (χ0) is 14.0. The van der Waals surface area contributed by atoms with Gasteiger partial charge in [-0.1, -0.05) is 41.5 Å². The highest BCUT2D eigenvalue weighted by molar-refractivity contribution is 5.62. The van der Waals surface area contributed by atoms with Crippen LogP contribution in [0.2, 0.25) is 0 Å². The van der Waals surface area contributed by atoms with E-state index in [1.807, 2.05) is 0 Å². The van der Waals surface area contributed by atoms with Gasteiger partial charge in [0.05, 0.1) is 0 Å². The molecule has 0 saturated heterocycles. The van der Waals surface area contributed by atoms with Crippen molar-refractivity contribution in [3.8, 4) is 0 Å². The minimum absolute atomic E-state index is 0.789. The number of carboxylic acids is 1. The molecule has 0 aliphatic carbocycles. The second kappa shape index (κ2) is 10.6. The summed E-state index contributed by atoms with van der Waals surface area (Å²) in [5.41, 5.74) is 0. The first-order chi connectivity index (χ1) is 7.65. The Labute approximate surface area is 107 Å². The van der Waals surface area contributed by atoms with Crippen LogP contribution in [0.15, 0.2) is 0 Å². The van der Waals surface area contributed by atoms with Crippen LogP contribution in [-0.4, -0.2) is 35.6 Å². The van der Waals surface area contributed by atoms with Crippen molar-refractivity contribution in [2.75, 3.05) is 19.6 Å². The van der Waals surface area contributed by atoms with E-state index >= 15 is 0 Å². The standard InChI is InChI=1S/C12H27N.C2H4O2/c1-10(2)7-13(8-11(3)4)9-12(5)6;1-2(3)4/h10-12H,7-9H2,1-6H3;1H3,(H,3,4). The molecule has 0 bridgehead atoms. The van der Waals surface area contributed by atoms with Crippen LogP contribution in [0.4, 0.5) is 0 Å². The molecule has 104 valence electrons. The van der Waals surface area contributed by atoms with Crippen LogP contribution in [0, 0.1) is 17.8 Å². The molecule has 3 heteroatoms. The SMILES string of the molecule is CC(=O)O.CC(C)CN(CC(C)C)CC(C)C. The van der Waals surface area contributed by atoms with E-state index in [0.29, 0.717) is 0 Å². The molecule has 0 saturated carbocycles. The summed E-state index contributed by atoms with van der Waals surface area (Å²) >= 11 is 0. The fraction of sp³-hybridized carbons (Fsp3) is 0.929. The van der Waals surface area contributed by atoms with E-state index in [1.54, 1.807) is 0 Å². The molecule has 0 radical (unpaired) electrons. The lowest BCUT2D eigenvalue weighted by Crippen LogP contribution is -2.34. The van der Waals surface area contributed by atoms with Gasteiger partial charge in [0.25, 0.3) is 5.97 Å². The number of aliphatic carboxylic acids is 1. The van der Waals surface area contributed by atoms with Crippen molar-refractivity contribution in [2.45, 2.75) is 48.5 Å². The molecule has 0 rings (SSSR count). The van der Waals surface area contributed by atoms with E-state index < -0.39 is 5.97 Å². The Morgan fingerprint density at radius 2 is 1.06 bits per heavy atom. The lowest BCUT2D eigenvalue weighted by atomic mass is 10.1. The van der Waals surface area contributed by atoms with Crippen molar-refractivity contribution < 1.29 is 9.90 Å². The molecular weight excluding hydrogens is 214 g/mol. The maximum absolute atomic E-state index is 9.00. The second-order valence-corrected chi connectivity index (χ2v) is 5.92. The largest absolute Gasteiger partial charge is 0.481 e. The van der Waals surface area contributed by atoms with Gasteiger partial charge in [-0.2, -0.15) is 0 Å². The zero-order valence-electron chi connectivity index (χ0n) is 12.7. The minimum Gasteiger partial charge on any atom is -0.481 e. The molecule has 0 spiro atoms. The Morgan fingerprint density at radius 3 is 1.18 bits per heavy atom. The molecule has 0 unspecified atom stereocenters. The number of hydrogen-bond acceptors (Lipinski definition) is 2. The van der Waals surface area contributed by atoms with E-state index in [9.17, 15) is 0 Å². The predicted octanol–water partition coefficient (Wildman–Crippen LogP) is 3.35. The summed E-state index contributed by atoms with van der Waals surface area (Å²) in [6.07, 6.45) is 0. The highest BCUT2D eigenvalue weighted by Crippen LogP contribution is 2.06. The van der Waals surface area contributed by atoms with Gasteiger partial charge in [-0.15, -0.1) is 0 Å². The molecule has 0 aliphatic heterocycles. The molecule has 0 aromatic heterocycles. The van der Waals surface area contributed by atoms with Crippen molar-refractivity contribution in [3.05, 3.63) is 0 Å². The van der Waals surface area contributed by atoms with Crippen molar-refractivity contribution in [3.63, 3.8) is 0 Å². The number of carboxylic acid groups (broad SMARTS) is 1. The van der Waals surface area contributed by atoms with Gasteiger partial charge in [0.1, 0.15) is 0 Å². The number of rotatable bonds is 6. The molecule has 0 fully saturated rings. The van der Waals surface area contributed by atoms with E-state index in [2.05, 4.69) is 46.4 Å². The van der Waals surface area contributed by atoms with Gasteiger partial charge >= 0.3 is 0 Å². The molecule has 0 aromatic rings. The van der Waals surface area contributed by atoms with E-state index in [0.717, 1.165) is 24.7 Å². The molecular formula is C14H31NO2. The average molecular weight is 245 g/mol. The number of carbonyl (C=O) groups is 1. The summed E-state index contributed by atoms with van der Waals surface area (Å²) in [6.45, 7) is 18.6. The Balaban J connectivity index is 0. The highest BCUT2D eigenvalue weighted by atomic mass is 16.4. The van der Waals surface area contributed by atoms with Gasteiger partial charge in [-0.05, 0) is 17.8 Å². The highest BCUT2D eigenvalue weighted by Gasteiger charge is 2.10. The summed E-state index contributed by atoms with van der Waals surface area (Å²) < 4.78 is 0. The molecule has 1 N–H and O–H groups in total. The van der Waals surface area contributed by atoms with Crippen LogP contribution in [0.5, 0.6) is 0 Å². The second-order valence-electron chi connectivity index (χ2n) is 5.92. The van der Waals surface area contributed by atoms with Gasteiger partial charge in [-0.3, -0.25) is 4.79 Å². The van der Waals surface area contributed by atoms with Crippen molar-refractivity contribution in [1.82, 2.24) is 4.90 Å². The van der Waals surface area contributed by atoms with Gasteiger partial charge < -0.3 is 10.0 Å². The lowest BCUT2D eigenvalue weighted by molar-refractivity contribution is -0.134. The van der Waals surface area contributed by atoms with Crippen LogP contribution in [0.3, 0.4) is 0 Å². The molecule has 0 aromatic carbocycles. The van der Waals surface area contributed by atoms with Crippen LogP contribution in [0.25, 0.3) is 0 Å². The summed E-state index contributed by atoms with van der Waals surface area (Å²) in [6, 6.07) is 0. The lowest BCUT2D eigenvalue weighted by Gasteiger charge is -2.27. The van der Waals surface area contributed by atoms with Crippen LogP contribution >= 0.6 is 0 Å². The van der Waals surface area contributed by atoms with Gasteiger partial charge in [-0.25, -0.2) is 0 Å². The number of hydrogen-bond donors (Lipinski definition) is 1. The Hall–Kier alpha value is -0.570. The van der Waals surface area contributed by atoms with Crippen LogP contribution < -0.4 is 0 Å². The third kappa shape index (κ3) is 21.3. The van der Waals surface area contributed by atoms with E-state index in [-0.39, 0.29) is 0 Å². The minimum atomic E-state index is -0.833. The van der Waals surface area contributed by atoms with E-state index in [4.69, 9.17) is 9.90 Å². The first kappa shape index (κ1) is 18.8. The van der Waals surface area contributed by atoms with E-state index in [1.165, 1.54) is 19.6 Å². The van der Waals surface area contributed by atoms with Crippen LogP contribution in [0.1, 0.15) is 48.5 Å². The van der Waals surface area contributed by atoms with Crippen molar-refractivity contribution >= 4 is 5.97 Å². The third-order valence-electron chi connectivity index (χ3n) is 1.87. The first-order valence-electron chi connectivity index (χ1n) is 6.57. The topological polar surface area (TPSA) is 40.5 Å². The Bertz CT molecular complexity index is 161.